The first-order valence-corrected chi connectivity index (χ1v) is 6.35. The van der Waals surface area contributed by atoms with Gasteiger partial charge >= 0.3 is 0 Å². The normalized spacial score (nSPS) is 17.8. The predicted molar refractivity (Wildman–Crippen MR) is 69.0 cm³/mol. The summed E-state index contributed by atoms with van der Waals surface area (Å²) in [6.45, 7) is 5.42. The molecule has 1 aliphatic rings. The van der Waals surface area contributed by atoms with Gasteiger partial charge in [-0.2, -0.15) is 5.10 Å². The molecular weight excluding hydrogens is 216 g/mol. The molecule has 1 aliphatic carbocycles. The first kappa shape index (κ1) is 12.2. The van der Waals surface area contributed by atoms with Crippen molar-refractivity contribution in [2.45, 2.75) is 51.7 Å². The lowest BCUT2D eigenvalue weighted by molar-refractivity contribution is -0.0203. The van der Waals surface area contributed by atoms with Crippen molar-refractivity contribution in [3.63, 3.8) is 0 Å². The Balaban J connectivity index is 2.07. The van der Waals surface area contributed by atoms with Crippen LogP contribution < -0.4 is 11.1 Å². The molecule has 0 atom stereocenters. The number of anilines is 2. The third kappa shape index (κ3) is 2.39. The Kier molecular flexibility index (Phi) is 3.28. The molecule has 1 fully saturated rings. The molecule has 17 heavy (non-hydrogen) atoms. The van der Waals surface area contributed by atoms with Crippen LogP contribution in [0.5, 0.6) is 0 Å². The Bertz CT molecular complexity index is 395. The van der Waals surface area contributed by atoms with E-state index in [0.29, 0.717) is 12.2 Å². The predicted octanol–water partition coefficient (Wildman–Crippen LogP) is 1.51. The van der Waals surface area contributed by atoms with Crippen molar-refractivity contribution < 1.29 is 5.11 Å². The van der Waals surface area contributed by atoms with Crippen molar-refractivity contribution >= 4 is 11.5 Å². The number of nitrogen functional groups attached to an aromatic ring is 1. The van der Waals surface area contributed by atoms with Crippen molar-refractivity contribution in [2.24, 2.45) is 0 Å². The van der Waals surface area contributed by atoms with Crippen molar-refractivity contribution in [3.8, 4) is 0 Å². The molecule has 1 heterocycles. The minimum absolute atomic E-state index is 0.540. The van der Waals surface area contributed by atoms with Crippen molar-refractivity contribution in [1.82, 2.24) is 9.78 Å². The summed E-state index contributed by atoms with van der Waals surface area (Å²) >= 11 is 0. The van der Waals surface area contributed by atoms with Gasteiger partial charge in [-0.05, 0) is 32.6 Å². The van der Waals surface area contributed by atoms with E-state index in [2.05, 4.69) is 17.3 Å². The zero-order valence-corrected chi connectivity index (χ0v) is 10.7. The van der Waals surface area contributed by atoms with E-state index in [9.17, 15) is 5.11 Å². The standard InChI is InChI=1S/C12H22N4O/c1-3-7-16-11(10(13)9(2)15-16)14-8-12(17)5-4-6-12/h14,17H,3-8,13H2,1-2H3. The molecule has 5 heteroatoms. The van der Waals surface area contributed by atoms with E-state index in [4.69, 9.17) is 5.73 Å². The van der Waals surface area contributed by atoms with Gasteiger partial charge < -0.3 is 16.2 Å². The van der Waals surface area contributed by atoms with Gasteiger partial charge in [0.25, 0.3) is 0 Å². The van der Waals surface area contributed by atoms with Gasteiger partial charge in [-0.3, -0.25) is 0 Å². The maximum Gasteiger partial charge on any atom is 0.148 e. The van der Waals surface area contributed by atoms with Gasteiger partial charge in [0.2, 0.25) is 0 Å². The van der Waals surface area contributed by atoms with E-state index >= 15 is 0 Å². The number of rotatable bonds is 5. The summed E-state index contributed by atoms with van der Waals surface area (Å²) in [5.41, 5.74) is 7.00. The van der Waals surface area contributed by atoms with Gasteiger partial charge in [-0.15, -0.1) is 0 Å². The van der Waals surface area contributed by atoms with Crippen LogP contribution in [0.1, 0.15) is 38.3 Å². The summed E-state index contributed by atoms with van der Waals surface area (Å²) in [7, 11) is 0. The van der Waals surface area contributed by atoms with E-state index in [-0.39, 0.29) is 0 Å². The van der Waals surface area contributed by atoms with E-state index in [1.165, 1.54) is 0 Å². The number of hydrogen-bond acceptors (Lipinski definition) is 4. The maximum atomic E-state index is 10.1. The molecule has 0 bridgehead atoms. The first-order valence-electron chi connectivity index (χ1n) is 6.35. The second-order valence-corrected chi connectivity index (χ2v) is 5.00. The monoisotopic (exact) mass is 238 g/mol. The first-order chi connectivity index (χ1) is 8.06. The SMILES string of the molecule is CCCn1nc(C)c(N)c1NCC1(O)CCC1. The number of nitrogens with one attached hydrogen (secondary N) is 1. The van der Waals surface area contributed by atoms with Gasteiger partial charge in [0.05, 0.1) is 17.0 Å². The number of aromatic nitrogens is 2. The fourth-order valence-corrected chi connectivity index (χ4v) is 2.17. The summed E-state index contributed by atoms with van der Waals surface area (Å²) in [6.07, 6.45) is 3.88. The third-order valence-electron chi connectivity index (χ3n) is 3.48. The molecule has 1 aromatic heterocycles. The van der Waals surface area contributed by atoms with Crippen LogP contribution in [0.15, 0.2) is 0 Å². The highest BCUT2D eigenvalue weighted by Gasteiger charge is 2.34. The Hall–Kier alpha value is -1.23. The molecule has 0 unspecified atom stereocenters. The molecule has 1 aromatic rings. The average Bonchev–Trinajstić information content (AvgIpc) is 2.51. The molecule has 0 aliphatic heterocycles. The maximum absolute atomic E-state index is 10.1. The molecule has 4 N–H and O–H groups in total. The molecule has 1 saturated carbocycles. The highest BCUT2D eigenvalue weighted by atomic mass is 16.3. The minimum Gasteiger partial charge on any atom is -0.394 e. The number of aliphatic hydroxyl groups is 1. The van der Waals surface area contributed by atoms with Gasteiger partial charge in [0, 0.05) is 13.1 Å². The van der Waals surface area contributed by atoms with Gasteiger partial charge in [0.1, 0.15) is 5.82 Å². The highest BCUT2D eigenvalue weighted by molar-refractivity contribution is 5.64. The Labute approximate surface area is 102 Å². The second-order valence-electron chi connectivity index (χ2n) is 5.00. The van der Waals surface area contributed by atoms with Crippen LogP contribution in [-0.2, 0) is 6.54 Å². The molecular formula is C12H22N4O. The molecule has 0 aromatic carbocycles. The van der Waals surface area contributed by atoms with E-state index in [0.717, 1.165) is 43.7 Å². The van der Waals surface area contributed by atoms with Crippen molar-refractivity contribution in [2.75, 3.05) is 17.6 Å². The molecule has 0 amide bonds. The second kappa shape index (κ2) is 4.56. The third-order valence-corrected chi connectivity index (χ3v) is 3.48. The average molecular weight is 238 g/mol. The molecule has 2 rings (SSSR count). The summed E-state index contributed by atoms with van der Waals surface area (Å²) < 4.78 is 1.90. The minimum atomic E-state index is -0.540. The van der Waals surface area contributed by atoms with Crippen LogP contribution in [-0.4, -0.2) is 27.0 Å². The van der Waals surface area contributed by atoms with Gasteiger partial charge in [0.15, 0.2) is 0 Å². The molecule has 0 radical (unpaired) electrons. The zero-order chi connectivity index (χ0) is 12.5. The molecule has 96 valence electrons. The lowest BCUT2D eigenvalue weighted by Crippen LogP contribution is -2.43. The molecule has 0 saturated heterocycles. The number of nitrogens with two attached hydrogens (primary N) is 1. The number of aryl methyl sites for hydroxylation is 2. The van der Waals surface area contributed by atoms with Gasteiger partial charge in [-0.25, -0.2) is 4.68 Å². The van der Waals surface area contributed by atoms with Crippen LogP contribution in [0, 0.1) is 6.92 Å². The zero-order valence-electron chi connectivity index (χ0n) is 10.7. The van der Waals surface area contributed by atoms with Crippen LogP contribution in [0.4, 0.5) is 11.5 Å². The van der Waals surface area contributed by atoms with Crippen LogP contribution in [0.2, 0.25) is 0 Å². The summed E-state index contributed by atoms with van der Waals surface area (Å²) in [4.78, 5) is 0. The lowest BCUT2D eigenvalue weighted by atomic mass is 9.80. The Morgan fingerprint density at radius 1 is 1.53 bits per heavy atom. The fourth-order valence-electron chi connectivity index (χ4n) is 2.17. The van der Waals surface area contributed by atoms with Gasteiger partial charge in [-0.1, -0.05) is 6.92 Å². The molecule has 5 nitrogen and oxygen atoms in total. The summed E-state index contributed by atoms with van der Waals surface area (Å²) in [5, 5.41) is 17.7. The van der Waals surface area contributed by atoms with Crippen LogP contribution in [0.3, 0.4) is 0 Å². The van der Waals surface area contributed by atoms with E-state index < -0.39 is 5.60 Å². The lowest BCUT2D eigenvalue weighted by Gasteiger charge is -2.36. The van der Waals surface area contributed by atoms with Crippen LogP contribution >= 0.6 is 0 Å². The van der Waals surface area contributed by atoms with E-state index in [1.807, 2.05) is 11.6 Å². The number of hydrogen-bond donors (Lipinski definition) is 3. The quantitative estimate of drug-likeness (QED) is 0.726. The highest BCUT2D eigenvalue weighted by Crippen LogP contribution is 2.32. The smallest absolute Gasteiger partial charge is 0.148 e. The summed E-state index contributed by atoms with van der Waals surface area (Å²) in [5.74, 6) is 0.852. The Morgan fingerprint density at radius 3 is 2.76 bits per heavy atom. The fraction of sp³-hybridized carbons (Fsp3) is 0.750. The largest absolute Gasteiger partial charge is 0.394 e. The van der Waals surface area contributed by atoms with Crippen molar-refractivity contribution in [3.05, 3.63) is 5.69 Å². The topological polar surface area (TPSA) is 76.1 Å². The van der Waals surface area contributed by atoms with E-state index in [1.54, 1.807) is 0 Å². The summed E-state index contributed by atoms with van der Waals surface area (Å²) in [6, 6.07) is 0. The van der Waals surface area contributed by atoms with Crippen molar-refractivity contribution in [1.29, 1.82) is 0 Å². The molecule has 0 spiro atoms. The number of nitrogens with zero attached hydrogens (tertiary/aromatic N) is 2. The Morgan fingerprint density at radius 2 is 2.24 bits per heavy atom. The van der Waals surface area contributed by atoms with Crippen LogP contribution in [0.25, 0.3) is 0 Å².